The van der Waals surface area contributed by atoms with Gasteiger partial charge in [-0.2, -0.15) is 13.2 Å². The second kappa shape index (κ2) is 3.72. The van der Waals surface area contributed by atoms with Crippen LogP contribution in [-0.4, -0.2) is 6.18 Å². The first-order valence-electron chi connectivity index (χ1n) is 4.88. The van der Waals surface area contributed by atoms with Crippen LogP contribution in [0.5, 0.6) is 0 Å². The fourth-order valence-electron chi connectivity index (χ4n) is 1.64. The van der Waals surface area contributed by atoms with Gasteiger partial charge in [-0.05, 0) is 18.4 Å². The van der Waals surface area contributed by atoms with Crippen molar-refractivity contribution in [1.82, 2.24) is 0 Å². The number of hydrogen-bond acceptors (Lipinski definition) is 0. The smallest absolute Gasteiger partial charge is 0.170 e. The van der Waals surface area contributed by atoms with E-state index in [1.807, 2.05) is 30.3 Å². The van der Waals surface area contributed by atoms with Crippen molar-refractivity contribution in [2.75, 3.05) is 0 Å². The number of aryl methyl sites for hydroxylation is 1. The normalized spacial score (nSPS) is 19.9. The molecule has 80 valence electrons. The van der Waals surface area contributed by atoms with E-state index in [1.165, 1.54) is 6.08 Å². The van der Waals surface area contributed by atoms with Gasteiger partial charge in [0, 0.05) is 0 Å². The summed E-state index contributed by atoms with van der Waals surface area (Å²) in [5, 5.41) is 0. The summed E-state index contributed by atoms with van der Waals surface area (Å²) in [4.78, 5) is 0. The lowest BCUT2D eigenvalue weighted by Gasteiger charge is -2.05. The third kappa shape index (κ3) is 2.61. The van der Waals surface area contributed by atoms with Crippen molar-refractivity contribution in [1.29, 1.82) is 0 Å². The van der Waals surface area contributed by atoms with E-state index in [0.29, 0.717) is 18.4 Å². The predicted octanol–water partition coefficient (Wildman–Crippen LogP) is 3.74. The molecule has 0 saturated carbocycles. The van der Waals surface area contributed by atoms with Gasteiger partial charge in [0.25, 0.3) is 0 Å². The largest absolute Gasteiger partial charge is 0.398 e. The van der Waals surface area contributed by atoms with Gasteiger partial charge in [0.2, 0.25) is 0 Å². The van der Waals surface area contributed by atoms with Crippen LogP contribution < -0.4 is 0 Å². The molecule has 0 nitrogen and oxygen atoms in total. The van der Waals surface area contributed by atoms with Crippen molar-refractivity contribution in [3.8, 4) is 0 Å². The quantitative estimate of drug-likeness (QED) is 0.669. The summed E-state index contributed by atoms with van der Waals surface area (Å²) in [7, 11) is 0. The Morgan fingerprint density at radius 3 is 2.20 bits per heavy atom. The van der Waals surface area contributed by atoms with Crippen LogP contribution in [0, 0.1) is 5.92 Å². The molecule has 0 bridgehead atoms. The zero-order valence-electron chi connectivity index (χ0n) is 8.09. The summed E-state index contributed by atoms with van der Waals surface area (Å²) >= 11 is 0. The minimum Gasteiger partial charge on any atom is -0.170 e. The van der Waals surface area contributed by atoms with Crippen molar-refractivity contribution in [3.05, 3.63) is 47.5 Å². The van der Waals surface area contributed by atoms with Crippen LogP contribution >= 0.6 is 0 Å². The van der Waals surface area contributed by atoms with E-state index >= 15 is 0 Å². The van der Waals surface area contributed by atoms with Crippen molar-refractivity contribution in [2.45, 2.75) is 19.0 Å². The predicted molar refractivity (Wildman–Crippen MR) is 52.4 cm³/mol. The number of hydrogen-bond donors (Lipinski definition) is 0. The van der Waals surface area contributed by atoms with Gasteiger partial charge >= 0.3 is 6.18 Å². The highest BCUT2D eigenvalue weighted by Crippen LogP contribution is 2.45. The summed E-state index contributed by atoms with van der Waals surface area (Å²) in [6.45, 7) is 0. The lowest BCUT2D eigenvalue weighted by Crippen LogP contribution is -2.12. The molecule has 1 atom stereocenters. The molecule has 1 aliphatic carbocycles. The van der Waals surface area contributed by atoms with Gasteiger partial charge in [-0.15, -0.1) is 0 Å². The first kappa shape index (κ1) is 10.3. The van der Waals surface area contributed by atoms with E-state index in [2.05, 4.69) is 0 Å². The lowest BCUT2D eigenvalue weighted by molar-refractivity contribution is -0.142. The fourth-order valence-corrected chi connectivity index (χ4v) is 1.64. The van der Waals surface area contributed by atoms with Gasteiger partial charge in [0.05, 0.1) is 5.92 Å². The van der Waals surface area contributed by atoms with Gasteiger partial charge in [-0.1, -0.05) is 42.0 Å². The van der Waals surface area contributed by atoms with Crippen LogP contribution in [0.2, 0.25) is 0 Å². The highest BCUT2D eigenvalue weighted by molar-refractivity contribution is 5.32. The van der Waals surface area contributed by atoms with Crippen LogP contribution in [0.3, 0.4) is 0 Å². The summed E-state index contributed by atoms with van der Waals surface area (Å²) in [5.74, 6) is -1.23. The van der Waals surface area contributed by atoms with Crippen molar-refractivity contribution in [3.63, 3.8) is 0 Å². The highest BCUT2D eigenvalue weighted by Gasteiger charge is 2.47. The van der Waals surface area contributed by atoms with Crippen LogP contribution in [0.25, 0.3) is 0 Å². The third-order valence-corrected chi connectivity index (χ3v) is 2.57. The first-order chi connectivity index (χ1) is 7.07. The molecule has 0 aromatic heterocycles. The van der Waals surface area contributed by atoms with E-state index in [1.54, 1.807) is 0 Å². The Labute approximate surface area is 86.4 Å². The van der Waals surface area contributed by atoms with E-state index < -0.39 is 12.1 Å². The Balaban J connectivity index is 1.80. The second-order valence-electron chi connectivity index (χ2n) is 3.75. The van der Waals surface area contributed by atoms with E-state index in [4.69, 9.17) is 0 Å². The minimum absolute atomic E-state index is 0.522. The van der Waals surface area contributed by atoms with Gasteiger partial charge in [0.1, 0.15) is 0 Å². The van der Waals surface area contributed by atoms with Gasteiger partial charge in [0.15, 0.2) is 0 Å². The number of halogens is 3. The maximum absolute atomic E-state index is 12.2. The first-order valence-corrected chi connectivity index (χ1v) is 4.88. The Morgan fingerprint density at radius 2 is 1.67 bits per heavy atom. The summed E-state index contributed by atoms with van der Waals surface area (Å²) in [6, 6.07) is 9.57. The molecular formula is C12H11F3. The van der Waals surface area contributed by atoms with Crippen LogP contribution in [0.15, 0.2) is 42.0 Å². The van der Waals surface area contributed by atoms with Crippen molar-refractivity contribution < 1.29 is 13.2 Å². The average molecular weight is 212 g/mol. The molecule has 0 N–H and O–H groups in total. The molecule has 1 aliphatic rings. The number of benzene rings is 1. The molecule has 0 radical (unpaired) electrons. The number of rotatable bonds is 3. The van der Waals surface area contributed by atoms with Crippen molar-refractivity contribution in [2.24, 2.45) is 5.92 Å². The lowest BCUT2D eigenvalue weighted by atomic mass is 10.1. The van der Waals surface area contributed by atoms with Crippen LogP contribution in [-0.2, 0) is 6.42 Å². The van der Waals surface area contributed by atoms with Gasteiger partial charge < -0.3 is 0 Å². The monoisotopic (exact) mass is 212 g/mol. The maximum atomic E-state index is 12.2. The summed E-state index contributed by atoms with van der Waals surface area (Å²) in [5.41, 5.74) is 1.62. The van der Waals surface area contributed by atoms with Crippen LogP contribution in [0.1, 0.15) is 12.0 Å². The standard InChI is InChI=1S/C12H11F3/c13-12(14,15)11-8-10(11)7-6-9-4-2-1-3-5-9/h1-5,8,11H,6-7H2. The molecule has 1 aromatic rings. The topological polar surface area (TPSA) is 0 Å². The number of alkyl halides is 3. The minimum atomic E-state index is -4.06. The van der Waals surface area contributed by atoms with E-state index in [-0.39, 0.29) is 0 Å². The SMILES string of the molecule is FC(F)(F)C1C=C1CCc1ccccc1. The summed E-state index contributed by atoms with van der Waals surface area (Å²) < 4.78 is 36.5. The molecular weight excluding hydrogens is 201 g/mol. The molecule has 1 aromatic carbocycles. The maximum Gasteiger partial charge on any atom is 0.398 e. The molecule has 0 spiro atoms. The molecule has 2 rings (SSSR count). The molecule has 3 heteroatoms. The average Bonchev–Trinajstić information content (AvgIpc) is 2.95. The molecule has 0 aliphatic heterocycles. The molecule has 0 saturated heterocycles. The Morgan fingerprint density at radius 1 is 1.00 bits per heavy atom. The zero-order chi connectivity index (χ0) is 10.9. The molecule has 15 heavy (non-hydrogen) atoms. The van der Waals surface area contributed by atoms with Crippen molar-refractivity contribution >= 4 is 0 Å². The molecule has 0 heterocycles. The van der Waals surface area contributed by atoms with E-state index in [0.717, 1.165) is 5.56 Å². The Bertz CT molecular complexity index is 362. The summed E-state index contributed by atoms with van der Waals surface area (Å²) in [6.07, 6.45) is -1.54. The molecule has 1 unspecified atom stereocenters. The second-order valence-corrected chi connectivity index (χ2v) is 3.75. The van der Waals surface area contributed by atoms with Gasteiger partial charge in [-0.3, -0.25) is 0 Å². The zero-order valence-corrected chi connectivity index (χ0v) is 8.09. The van der Waals surface area contributed by atoms with Gasteiger partial charge in [-0.25, -0.2) is 0 Å². The number of allylic oxidation sites excluding steroid dienone is 2. The molecule has 0 amide bonds. The Kier molecular flexibility index (Phi) is 2.55. The van der Waals surface area contributed by atoms with E-state index in [9.17, 15) is 13.2 Å². The Hall–Kier alpha value is -1.25. The molecule has 0 fully saturated rings. The third-order valence-electron chi connectivity index (χ3n) is 2.57. The fraction of sp³-hybridized carbons (Fsp3) is 0.333. The van der Waals surface area contributed by atoms with Crippen LogP contribution in [0.4, 0.5) is 13.2 Å². The highest BCUT2D eigenvalue weighted by atomic mass is 19.4.